The maximum Gasteiger partial charge on any atom is 0.256 e. The van der Waals surface area contributed by atoms with Gasteiger partial charge in [-0.25, -0.2) is 9.37 Å². The Kier molecular flexibility index (Phi) is 7.48. The van der Waals surface area contributed by atoms with Crippen molar-refractivity contribution in [2.45, 2.75) is 38.5 Å². The van der Waals surface area contributed by atoms with Crippen LogP contribution in [0.2, 0.25) is 5.15 Å². The molecule has 2 fully saturated rings. The van der Waals surface area contributed by atoms with E-state index in [0.717, 1.165) is 32.4 Å². The number of halogens is 2. The van der Waals surface area contributed by atoms with Crippen molar-refractivity contribution in [2.24, 2.45) is 5.41 Å². The minimum Gasteiger partial charge on any atom is -0.493 e. The van der Waals surface area contributed by atoms with Crippen molar-refractivity contribution in [1.29, 1.82) is 0 Å². The number of aromatic nitrogens is 1. The van der Waals surface area contributed by atoms with Gasteiger partial charge in [-0.1, -0.05) is 11.6 Å². The molecule has 1 aromatic carbocycles. The first-order valence-corrected chi connectivity index (χ1v) is 11.9. The predicted octanol–water partition coefficient (Wildman–Crippen LogP) is 4.58. The zero-order chi connectivity index (χ0) is 23.3. The zero-order valence-corrected chi connectivity index (χ0v) is 19.4. The van der Waals surface area contributed by atoms with E-state index >= 15 is 0 Å². The second kappa shape index (κ2) is 10.5. The minimum atomic E-state index is -0.390. The smallest absolute Gasteiger partial charge is 0.256 e. The highest BCUT2D eigenvalue weighted by molar-refractivity contribution is 6.32. The highest BCUT2D eigenvalue weighted by Crippen LogP contribution is 2.37. The maximum atomic E-state index is 13.3. The fourth-order valence-corrected chi connectivity index (χ4v) is 4.82. The summed E-state index contributed by atoms with van der Waals surface area (Å²) in [5.41, 5.74) is -0.00283. The molecule has 8 heteroatoms. The molecule has 2 aliphatic rings. The van der Waals surface area contributed by atoms with Gasteiger partial charge in [0, 0.05) is 44.2 Å². The number of nitrogens with zero attached hydrogens (tertiary/aromatic N) is 3. The lowest BCUT2D eigenvalue weighted by atomic mass is 9.75. The van der Waals surface area contributed by atoms with Gasteiger partial charge < -0.3 is 14.5 Å². The third kappa shape index (κ3) is 5.82. The monoisotopic (exact) mass is 473 g/mol. The van der Waals surface area contributed by atoms with Crippen molar-refractivity contribution in [3.8, 4) is 5.75 Å². The van der Waals surface area contributed by atoms with E-state index in [9.17, 15) is 14.0 Å². The van der Waals surface area contributed by atoms with E-state index in [1.807, 2.05) is 4.90 Å². The topological polar surface area (TPSA) is 62.7 Å². The summed E-state index contributed by atoms with van der Waals surface area (Å²) in [4.78, 5) is 33.8. The average molecular weight is 474 g/mol. The molecular weight excluding hydrogens is 445 g/mol. The number of benzene rings is 1. The predicted molar refractivity (Wildman–Crippen MR) is 124 cm³/mol. The van der Waals surface area contributed by atoms with Gasteiger partial charge >= 0.3 is 0 Å². The Hall–Kier alpha value is -2.67. The standard InChI is InChI=1S/C25H29ClFN3O3/c26-23-21(5-4-12-28-23)24(32)30-15-10-25(11-16-30,17-22(31)29-13-2-1-3-14-29)18-33-20-8-6-19(27)7-9-20/h4-9,12H,1-3,10-11,13-18H2. The van der Waals surface area contributed by atoms with Gasteiger partial charge in [-0.15, -0.1) is 0 Å². The number of hydrogen-bond acceptors (Lipinski definition) is 4. The molecular formula is C25H29ClFN3O3. The van der Waals surface area contributed by atoms with E-state index in [1.54, 1.807) is 35.4 Å². The van der Waals surface area contributed by atoms with Crippen molar-refractivity contribution >= 4 is 23.4 Å². The molecule has 0 radical (unpaired) electrons. The van der Waals surface area contributed by atoms with Gasteiger partial charge in [0.1, 0.15) is 16.7 Å². The Morgan fingerprint density at radius 1 is 1.00 bits per heavy atom. The normalized spacial score (nSPS) is 18.1. The van der Waals surface area contributed by atoms with Gasteiger partial charge in [-0.2, -0.15) is 0 Å². The van der Waals surface area contributed by atoms with Crippen LogP contribution in [0.4, 0.5) is 4.39 Å². The van der Waals surface area contributed by atoms with Gasteiger partial charge in [0.2, 0.25) is 5.91 Å². The van der Waals surface area contributed by atoms with Crippen LogP contribution in [-0.4, -0.2) is 59.4 Å². The van der Waals surface area contributed by atoms with Crippen LogP contribution in [0.1, 0.15) is 48.9 Å². The summed E-state index contributed by atoms with van der Waals surface area (Å²) in [6, 6.07) is 9.29. The van der Waals surface area contributed by atoms with E-state index in [4.69, 9.17) is 16.3 Å². The van der Waals surface area contributed by atoms with E-state index in [2.05, 4.69) is 4.98 Å². The molecule has 0 spiro atoms. The van der Waals surface area contributed by atoms with Crippen LogP contribution in [0.3, 0.4) is 0 Å². The summed E-state index contributed by atoms with van der Waals surface area (Å²) in [6.45, 7) is 2.96. The molecule has 2 amide bonds. The molecule has 2 aliphatic heterocycles. The quantitative estimate of drug-likeness (QED) is 0.576. The van der Waals surface area contributed by atoms with E-state index in [0.29, 0.717) is 50.3 Å². The molecule has 0 N–H and O–H groups in total. The summed E-state index contributed by atoms with van der Waals surface area (Å²) in [6.07, 6.45) is 6.45. The Morgan fingerprint density at radius 3 is 2.36 bits per heavy atom. The minimum absolute atomic E-state index is 0.146. The second-order valence-electron chi connectivity index (χ2n) is 8.99. The highest BCUT2D eigenvalue weighted by Gasteiger charge is 2.40. The lowest BCUT2D eigenvalue weighted by Crippen LogP contribution is -2.48. The summed E-state index contributed by atoms with van der Waals surface area (Å²) < 4.78 is 19.3. The van der Waals surface area contributed by atoms with Crippen molar-refractivity contribution in [2.75, 3.05) is 32.8 Å². The number of ether oxygens (including phenoxy) is 1. The molecule has 2 aromatic rings. The third-order valence-corrected chi connectivity index (χ3v) is 7.00. The molecule has 33 heavy (non-hydrogen) atoms. The van der Waals surface area contributed by atoms with Crippen molar-refractivity contribution in [3.05, 3.63) is 59.1 Å². The first kappa shape index (κ1) is 23.5. The largest absolute Gasteiger partial charge is 0.493 e. The SMILES string of the molecule is O=C(CC1(COc2ccc(F)cc2)CCN(C(=O)c2cccnc2Cl)CC1)N1CCCCC1. The van der Waals surface area contributed by atoms with Crippen LogP contribution >= 0.6 is 11.6 Å². The number of carbonyl (C=O) groups is 2. The molecule has 0 atom stereocenters. The first-order chi connectivity index (χ1) is 16.0. The van der Waals surface area contributed by atoms with Crippen LogP contribution in [-0.2, 0) is 4.79 Å². The molecule has 6 nitrogen and oxygen atoms in total. The summed E-state index contributed by atoms with van der Waals surface area (Å²) in [7, 11) is 0. The molecule has 1 aromatic heterocycles. The second-order valence-corrected chi connectivity index (χ2v) is 9.35. The molecule has 0 bridgehead atoms. The van der Waals surface area contributed by atoms with Gasteiger partial charge in [-0.3, -0.25) is 9.59 Å². The molecule has 2 saturated heterocycles. The summed E-state index contributed by atoms with van der Waals surface area (Å²) in [5, 5.41) is 0.194. The van der Waals surface area contributed by atoms with Gasteiger partial charge in [-0.05, 0) is 68.5 Å². The van der Waals surface area contributed by atoms with Crippen molar-refractivity contribution in [1.82, 2.24) is 14.8 Å². The molecule has 0 aliphatic carbocycles. The number of carbonyl (C=O) groups excluding carboxylic acids is 2. The van der Waals surface area contributed by atoms with Crippen LogP contribution in [0.25, 0.3) is 0 Å². The number of amides is 2. The number of rotatable bonds is 6. The Bertz CT molecular complexity index is 971. The first-order valence-electron chi connectivity index (χ1n) is 11.5. The van der Waals surface area contributed by atoms with Gasteiger partial charge in [0.05, 0.1) is 12.2 Å². The van der Waals surface area contributed by atoms with Crippen LogP contribution < -0.4 is 4.74 Å². The van der Waals surface area contributed by atoms with Crippen LogP contribution in [0.15, 0.2) is 42.6 Å². The fraction of sp³-hybridized carbons (Fsp3) is 0.480. The lowest BCUT2D eigenvalue weighted by Gasteiger charge is -2.42. The van der Waals surface area contributed by atoms with E-state index < -0.39 is 5.41 Å². The molecule has 0 saturated carbocycles. The Labute approximate surface area is 198 Å². The summed E-state index contributed by atoms with van der Waals surface area (Å²) in [5.74, 6) is 0.246. The molecule has 4 rings (SSSR count). The highest BCUT2D eigenvalue weighted by atomic mass is 35.5. The summed E-state index contributed by atoms with van der Waals surface area (Å²) >= 11 is 6.12. The average Bonchev–Trinajstić information content (AvgIpc) is 2.85. The van der Waals surface area contributed by atoms with Crippen LogP contribution in [0, 0.1) is 11.2 Å². The number of pyridine rings is 1. The number of piperidine rings is 2. The fourth-order valence-electron chi connectivity index (χ4n) is 4.62. The van der Waals surface area contributed by atoms with Gasteiger partial charge in [0.25, 0.3) is 5.91 Å². The Balaban J connectivity index is 1.45. The van der Waals surface area contributed by atoms with Gasteiger partial charge in [0.15, 0.2) is 0 Å². The number of hydrogen-bond donors (Lipinski definition) is 0. The zero-order valence-electron chi connectivity index (χ0n) is 18.6. The lowest BCUT2D eigenvalue weighted by molar-refractivity contribution is -0.136. The van der Waals surface area contributed by atoms with E-state index in [1.165, 1.54) is 12.1 Å². The molecule has 3 heterocycles. The molecule has 176 valence electrons. The van der Waals surface area contributed by atoms with E-state index in [-0.39, 0.29) is 22.8 Å². The van der Waals surface area contributed by atoms with Crippen molar-refractivity contribution < 1.29 is 18.7 Å². The van der Waals surface area contributed by atoms with Crippen LogP contribution in [0.5, 0.6) is 5.75 Å². The maximum absolute atomic E-state index is 13.3. The number of likely N-dealkylation sites (tertiary alicyclic amines) is 2. The molecule has 0 unspecified atom stereocenters. The third-order valence-electron chi connectivity index (χ3n) is 6.69. The Morgan fingerprint density at radius 2 is 1.70 bits per heavy atom. The van der Waals surface area contributed by atoms with Crippen molar-refractivity contribution in [3.63, 3.8) is 0 Å².